The molecule has 9 heteroatoms. The third-order valence-electron chi connectivity index (χ3n) is 2.74. The number of anilines is 1. The van der Waals surface area contributed by atoms with Crippen LogP contribution in [0.4, 0.5) is 10.1 Å². The highest BCUT2D eigenvalue weighted by atomic mass is 19.1. The highest BCUT2D eigenvalue weighted by molar-refractivity contribution is 5.52. The zero-order chi connectivity index (χ0) is 17.9. The molecule has 0 aliphatic carbocycles. The first-order valence-corrected chi connectivity index (χ1v) is 6.69. The number of aromatic nitrogens is 1. The third-order valence-corrected chi connectivity index (χ3v) is 2.74. The Balaban J connectivity index is 0.000000648. The van der Waals surface area contributed by atoms with E-state index in [-0.39, 0.29) is 18.2 Å². The molecule has 5 N–H and O–H groups in total. The molecule has 1 heterocycles. The lowest BCUT2D eigenvalue weighted by atomic mass is 10.1. The predicted molar refractivity (Wildman–Crippen MR) is 85.7 cm³/mol. The van der Waals surface area contributed by atoms with Crippen molar-refractivity contribution in [1.82, 2.24) is 10.4 Å². The molecule has 0 radical (unpaired) electrons. The quantitative estimate of drug-likeness (QED) is 0.316. The average molecular weight is 332 g/mol. The average Bonchev–Trinajstić information content (AvgIpc) is 2.60. The number of carbonyl (C=O) groups is 1. The molecule has 2 rings (SSSR count). The number of amides is 1. The molecule has 0 aliphatic rings. The van der Waals surface area contributed by atoms with Crippen LogP contribution < -0.4 is 26.9 Å². The molecule has 0 aliphatic heterocycles. The largest absolute Gasteiger partial charge is 0.473 e. The fraction of sp³-hybridized carbons (Fsp3) is 0.133. The van der Waals surface area contributed by atoms with Gasteiger partial charge in [0.25, 0.3) is 0 Å². The van der Waals surface area contributed by atoms with Crippen LogP contribution >= 0.6 is 0 Å². The molecule has 126 valence electrons. The van der Waals surface area contributed by atoms with Gasteiger partial charge in [0.2, 0.25) is 12.3 Å². The van der Waals surface area contributed by atoms with Gasteiger partial charge in [-0.25, -0.2) is 21.1 Å². The number of halogens is 1. The van der Waals surface area contributed by atoms with Crippen LogP contribution in [0.15, 0.2) is 36.4 Å². The molecule has 8 nitrogen and oxygen atoms in total. The summed E-state index contributed by atoms with van der Waals surface area (Å²) >= 11 is 0. The maximum absolute atomic E-state index is 13.8. The summed E-state index contributed by atoms with van der Waals surface area (Å²) in [6.07, 6.45) is 0.403. The highest BCUT2D eigenvalue weighted by Gasteiger charge is 2.11. The molecule has 0 unspecified atom stereocenters. The van der Waals surface area contributed by atoms with Crippen molar-refractivity contribution in [3.63, 3.8) is 0 Å². The lowest BCUT2D eigenvalue weighted by molar-refractivity contribution is -0.109. The van der Waals surface area contributed by atoms with E-state index in [0.717, 1.165) is 0 Å². The lowest BCUT2D eigenvalue weighted by Gasteiger charge is -2.17. The van der Waals surface area contributed by atoms with Gasteiger partial charge in [-0.1, -0.05) is 12.1 Å². The molecule has 0 bridgehead atoms. The molecular formula is C15H17FN6O2. The molecule has 0 spiro atoms. The third kappa shape index (κ3) is 5.53. The number of nitrogens with one attached hydrogen (secondary N) is 1. The number of nitrogens with two attached hydrogens (primary N) is 2. The number of hydrogen-bond donors (Lipinski definition) is 3. The number of pyridine rings is 1. The van der Waals surface area contributed by atoms with Gasteiger partial charge in [-0.3, -0.25) is 10.2 Å². The van der Waals surface area contributed by atoms with Gasteiger partial charge >= 0.3 is 0 Å². The van der Waals surface area contributed by atoms with Crippen molar-refractivity contribution in [1.29, 1.82) is 5.26 Å². The van der Waals surface area contributed by atoms with E-state index < -0.39 is 5.82 Å². The van der Waals surface area contributed by atoms with Crippen LogP contribution in [0.5, 0.6) is 5.88 Å². The van der Waals surface area contributed by atoms with Crippen molar-refractivity contribution in [3.8, 4) is 11.9 Å². The first-order valence-electron chi connectivity index (χ1n) is 6.69. The van der Waals surface area contributed by atoms with Gasteiger partial charge in [-0.05, 0) is 18.2 Å². The Hall–Kier alpha value is -3.22. The van der Waals surface area contributed by atoms with Crippen LogP contribution in [0.1, 0.15) is 11.3 Å². The molecule has 2 aromatic rings. The lowest BCUT2D eigenvalue weighted by Crippen LogP contribution is -2.27. The van der Waals surface area contributed by atoms with E-state index in [9.17, 15) is 4.39 Å². The van der Waals surface area contributed by atoms with Crippen molar-refractivity contribution in [3.05, 3.63) is 53.5 Å². The van der Waals surface area contributed by atoms with Gasteiger partial charge in [-0.2, -0.15) is 5.26 Å². The fourth-order valence-electron chi connectivity index (χ4n) is 1.72. The summed E-state index contributed by atoms with van der Waals surface area (Å²) in [6.45, 7) is -0.0224. The van der Waals surface area contributed by atoms with Crippen molar-refractivity contribution in [2.24, 2.45) is 11.7 Å². The summed E-state index contributed by atoms with van der Waals surface area (Å²) < 4.78 is 19.2. The van der Waals surface area contributed by atoms with Crippen molar-refractivity contribution >= 4 is 12.1 Å². The van der Waals surface area contributed by atoms with Gasteiger partial charge in [0.05, 0.1) is 5.69 Å². The van der Waals surface area contributed by atoms with Crippen LogP contribution in [0, 0.1) is 17.1 Å². The number of benzene rings is 1. The Morgan fingerprint density at radius 2 is 2.08 bits per heavy atom. The summed E-state index contributed by atoms with van der Waals surface area (Å²) in [5.74, 6) is 9.92. The number of hydrazine groups is 2. The second-order valence-corrected chi connectivity index (χ2v) is 4.39. The summed E-state index contributed by atoms with van der Waals surface area (Å²) in [4.78, 5) is 12.9. The van der Waals surface area contributed by atoms with Crippen LogP contribution in [0.3, 0.4) is 0 Å². The molecule has 1 amide bonds. The molecule has 0 saturated carbocycles. The van der Waals surface area contributed by atoms with Gasteiger partial charge in [0.15, 0.2) is 0 Å². The van der Waals surface area contributed by atoms with Crippen molar-refractivity contribution in [2.45, 2.75) is 6.61 Å². The van der Waals surface area contributed by atoms with E-state index in [1.165, 1.54) is 11.1 Å². The van der Waals surface area contributed by atoms with E-state index in [1.54, 1.807) is 42.8 Å². The van der Waals surface area contributed by atoms with Crippen LogP contribution in [-0.2, 0) is 11.4 Å². The Bertz CT molecular complexity index is 717. The van der Waals surface area contributed by atoms with Gasteiger partial charge < -0.3 is 9.75 Å². The number of nitrogens with zero attached hydrogens (tertiary/aromatic N) is 3. The SMILES string of the molecule is CN(N)c1cccc(F)c1COc1cccc(C#N)n1.NNC=O. The maximum atomic E-state index is 13.8. The minimum absolute atomic E-state index is 0.0224. The standard InChI is InChI=1S/C14H13FN4O.CH4N2O/c1-19(17)13-6-3-5-12(15)11(13)9-20-14-7-2-4-10(8-16)18-14;2-3-1-4/h2-7H,9,17H2,1H3;1H,2H2,(H,3,4). The fourth-order valence-corrected chi connectivity index (χ4v) is 1.72. The van der Waals surface area contributed by atoms with Crippen LogP contribution in [0.25, 0.3) is 0 Å². The Morgan fingerprint density at radius 3 is 2.67 bits per heavy atom. The molecule has 0 fully saturated rings. The molecule has 0 saturated heterocycles. The van der Waals surface area contributed by atoms with Gasteiger partial charge in [-0.15, -0.1) is 0 Å². The number of carbonyl (C=O) groups excluding carboxylic acids is 1. The number of nitriles is 1. The first kappa shape index (κ1) is 18.8. The van der Waals surface area contributed by atoms with Gasteiger partial charge in [0, 0.05) is 18.7 Å². The van der Waals surface area contributed by atoms with E-state index in [0.29, 0.717) is 17.7 Å². The highest BCUT2D eigenvalue weighted by Crippen LogP contribution is 2.22. The summed E-state index contributed by atoms with van der Waals surface area (Å²) in [6, 6.07) is 11.3. The molecule has 0 atom stereocenters. The predicted octanol–water partition coefficient (Wildman–Crippen LogP) is 0.587. The number of rotatable bonds is 5. The summed E-state index contributed by atoms with van der Waals surface area (Å²) in [7, 11) is 1.62. The first-order chi connectivity index (χ1) is 11.5. The monoisotopic (exact) mass is 332 g/mol. The number of hydrogen-bond acceptors (Lipinski definition) is 7. The van der Waals surface area contributed by atoms with E-state index in [1.807, 2.05) is 6.07 Å². The van der Waals surface area contributed by atoms with Crippen molar-refractivity contribution in [2.75, 3.05) is 12.1 Å². The Labute approximate surface area is 138 Å². The minimum Gasteiger partial charge on any atom is -0.473 e. The van der Waals surface area contributed by atoms with E-state index in [2.05, 4.69) is 10.8 Å². The smallest absolute Gasteiger partial charge is 0.221 e. The van der Waals surface area contributed by atoms with E-state index >= 15 is 0 Å². The summed E-state index contributed by atoms with van der Waals surface area (Å²) in [5.41, 5.74) is 2.86. The van der Waals surface area contributed by atoms with Crippen molar-refractivity contribution < 1.29 is 13.9 Å². The molecule has 1 aromatic carbocycles. The Kier molecular flexibility index (Phi) is 7.63. The molecule has 24 heavy (non-hydrogen) atoms. The molecular weight excluding hydrogens is 315 g/mol. The summed E-state index contributed by atoms with van der Waals surface area (Å²) in [5, 5.41) is 10.1. The minimum atomic E-state index is -0.406. The second kappa shape index (κ2) is 9.73. The van der Waals surface area contributed by atoms with Gasteiger partial charge in [0.1, 0.15) is 24.2 Å². The zero-order valence-corrected chi connectivity index (χ0v) is 12.9. The topological polar surface area (TPSA) is 130 Å². The number of ether oxygens (including phenoxy) is 1. The van der Waals surface area contributed by atoms with Crippen LogP contribution in [0.2, 0.25) is 0 Å². The zero-order valence-electron chi connectivity index (χ0n) is 12.9. The Morgan fingerprint density at radius 1 is 1.42 bits per heavy atom. The van der Waals surface area contributed by atoms with Crippen LogP contribution in [-0.4, -0.2) is 18.4 Å². The van der Waals surface area contributed by atoms with E-state index in [4.69, 9.17) is 20.6 Å². The molecule has 1 aromatic heterocycles. The maximum Gasteiger partial charge on any atom is 0.221 e. The normalized spacial score (nSPS) is 9.12. The second-order valence-electron chi connectivity index (χ2n) is 4.39.